The van der Waals surface area contributed by atoms with E-state index in [1.165, 1.54) is 14.2 Å². The van der Waals surface area contributed by atoms with E-state index in [1.54, 1.807) is 18.2 Å². The highest BCUT2D eigenvalue weighted by Gasteiger charge is 2.22. The Morgan fingerprint density at radius 2 is 2.16 bits per heavy atom. The first kappa shape index (κ1) is 15.8. The zero-order chi connectivity index (χ0) is 14.4. The molecular formula is C12H14BrClN2O3. The van der Waals surface area contributed by atoms with Gasteiger partial charge in [-0.05, 0) is 34.1 Å². The molecule has 0 saturated heterocycles. The van der Waals surface area contributed by atoms with E-state index in [-0.39, 0.29) is 12.3 Å². The SMILES string of the molecule is CNC(=O)CC(Nc1ccc(Cl)c(Br)c1)C(=O)OC. The summed E-state index contributed by atoms with van der Waals surface area (Å²) in [6.07, 6.45) is -0.0105. The number of benzene rings is 1. The smallest absolute Gasteiger partial charge is 0.328 e. The lowest BCUT2D eigenvalue weighted by molar-refractivity contribution is -0.143. The Kier molecular flexibility index (Phi) is 6.11. The molecule has 0 spiro atoms. The Balaban J connectivity index is 2.84. The Hall–Kier alpha value is -1.27. The van der Waals surface area contributed by atoms with Crippen LogP contribution in [0.2, 0.25) is 5.02 Å². The highest BCUT2D eigenvalue weighted by atomic mass is 79.9. The lowest BCUT2D eigenvalue weighted by Crippen LogP contribution is -2.36. The summed E-state index contributed by atoms with van der Waals surface area (Å²) in [4.78, 5) is 23.0. The lowest BCUT2D eigenvalue weighted by atomic mass is 10.2. The van der Waals surface area contributed by atoms with Crippen molar-refractivity contribution in [2.24, 2.45) is 0 Å². The summed E-state index contributed by atoms with van der Waals surface area (Å²) in [6, 6.07) is 4.37. The summed E-state index contributed by atoms with van der Waals surface area (Å²) in [5.41, 5.74) is 0.663. The number of carbonyl (C=O) groups excluding carboxylic acids is 2. The van der Waals surface area contributed by atoms with Crippen LogP contribution in [0.4, 0.5) is 5.69 Å². The molecule has 0 aromatic heterocycles. The van der Waals surface area contributed by atoms with Crippen LogP contribution in [0, 0.1) is 0 Å². The summed E-state index contributed by atoms with van der Waals surface area (Å²) < 4.78 is 5.36. The van der Waals surface area contributed by atoms with Crippen molar-refractivity contribution in [2.75, 3.05) is 19.5 Å². The van der Waals surface area contributed by atoms with Crippen LogP contribution in [0.1, 0.15) is 6.42 Å². The Labute approximate surface area is 124 Å². The number of carbonyl (C=O) groups is 2. The Bertz CT molecular complexity index is 482. The molecule has 0 saturated carbocycles. The number of amides is 1. The zero-order valence-electron chi connectivity index (χ0n) is 10.5. The van der Waals surface area contributed by atoms with Crippen molar-refractivity contribution in [3.8, 4) is 0 Å². The van der Waals surface area contributed by atoms with Gasteiger partial charge in [-0.15, -0.1) is 0 Å². The second kappa shape index (κ2) is 7.35. The van der Waals surface area contributed by atoms with Crippen molar-refractivity contribution in [3.05, 3.63) is 27.7 Å². The molecule has 104 valence electrons. The van der Waals surface area contributed by atoms with Crippen molar-refractivity contribution in [1.29, 1.82) is 0 Å². The van der Waals surface area contributed by atoms with Gasteiger partial charge in [0.1, 0.15) is 6.04 Å². The molecule has 1 aromatic carbocycles. The number of hydrogen-bond donors (Lipinski definition) is 2. The first-order valence-electron chi connectivity index (χ1n) is 5.48. The van der Waals surface area contributed by atoms with Gasteiger partial charge in [0.05, 0.1) is 18.6 Å². The third-order valence-corrected chi connectivity index (χ3v) is 3.63. The number of hydrogen-bond acceptors (Lipinski definition) is 4. The molecule has 1 unspecified atom stereocenters. The van der Waals surface area contributed by atoms with E-state index in [9.17, 15) is 9.59 Å². The minimum atomic E-state index is -0.752. The van der Waals surface area contributed by atoms with E-state index < -0.39 is 12.0 Å². The molecule has 19 heavy (non-hydrogen) atoms. The molecule has 0 bridgehead atoms. The molecule has 0 radical (unpaired) electrons. The highest BCUT2D eigenvalue weighted by Crippen LogP contribution is 2.26. The first-order chi connectivity index (χ1) is 8.97. The monoisotopic (exact) mass is 348 g/mol. The third-order valence-electron chi connectivity index (χ3n) is 2.41. The zero-order valence-corrected chi connectivity index (χ0v) is 12.8. The number of esters is 1. The second-order valence-electron chi connectivity index (χ2n) is 3.73. The van der Waals surface area contributed by atoms with Crippen molar-refractivity contribution in [2.45, 2.75) is 12.5 Å². The summed E-state index contributed by atoms with van der Waals surface area (Å²) in [7, 11) is 2.79. The topological polar surface area (TPSA) is 67.4 Å². The van der Waals surface area contributed by atoms with Gasteiger partial charge >= 0.3 is 5.97 Å². The summed E-state index contributed by atoms with van der Waals surface area (Å²) in [5, 5.41) is 5.96. The van der Waals surface area contributed by atoms with Crippen LogP contribution in [0.25, 0.3) is 0 Å². The summed E-state index contributed by atoms with van der Waals surface area (Å²) in [5.74, 6) is -0.759. The number of halogens is 2. The predicted molar refractivity (Wildman–Crippen MR) is 77.3 cm³/mol. The van der Waals surface area contributed by atoms with Crippen molar-refractivity contribution >= 4 is 45.1 Å². The van der Waals surface area contributed by atoms with Crippen LogP contribution in [0.5, 0.6) is 0 Å². The molecule has 0 aliphatic rings. The second-order valence-corrected chi connectivity index (χ2v) is 4.99. The van der Waals surface area contributed by atoms with Crippen LogP contribution in [0.3, 0.4) is 0 Å². The van der Waals surface area contributed by atoms with Gasteiger partial charge in [0, 0.05) is 17.2 Å². The van der Waals surface area contributed by atoms with Gasteiger partial charge in [0.15, 0.2) is 0 Å². The van der Waals surface area contributed by atoms with E-state index in [0.29, 0.717) is 15.2 Å². The largest absolute Gasteiger partial charge is 0.467 e. The molecule has 0 heterocycles. The highest BCUT2D eigenvalue weighted by molar-refractivity contribution is 9.10. The van der Waals surface area contributed by atoms with Crippen molar-refractivity contribution < 1.29 is 14.3 Å². The number of nitrogens with one attached hydrogen (secondary N) is 2. The molecule has 1 atom stereocenters. The van der Waals surface area contributed by atoms with E-state index >= 15 is 0 Å². The quantitative estimate of drug-likeness (QED) is 0.800. The molecule has 1 rings (SSSR count). The van der Waals surface area contributed by atoms with E-state index in [0.717, 1.165) is 0 Å². The minimum absolute atomic E-state index is 0.0105. The average Bonchev–Trinajstić information content (AvgIpc) is 2.41. The average molecular weight is 350 g/mol. The fraction of sp³-hybridized carbons (Fsp3) is 0.333. The van der Waals surface area contributed by atoms with Gasteiger partial charge in [-0.3, -0.25) is 4.79 Å². The van der Waals surface area contributed by atoms with Crippen LogP contribution in [0.15, 0.2) is 22.7 Å². The minimum Gasteiger partial charge on any atom is -0.467 e. The molecule has 0 aliphatic heterocycles. The fourth-order valence-corrected chi connectivity index (χ4v) is 1.91. The molecule has 0 fully saturated rings. The van der Waals surface area contributed by atoms with Crippen molar-refractivity contribution in [3.63, 3.8) is 0 Å². The first-order valence-corrected chi connectivity index (χ1v) is 6.65. The molecule has 1 amide bonds. The molecular weight excluding hydrogens is 336 g/mol. The van der Waals surface area contributed by atoms with Gasteiger partial charge in [-0.25, -0.2) is 4.79 Å². The van der Waals surface area contributed by atoms with Gasteiger partial charge in [0.2, 0.25) is 5.91 Å². The van der Waals surface area contributed by atoms with Crippen LogP contribution in [-0.2, 0) is 14.3 Å². The standard InChI is InChI=1S/C12H14BrClN2O3/c1-15-11(17)6-10(12(18)19-2)16-7-3-4-9(14)8(13)5-7/h3-5,10,16H,6H2,1-2H3,(H,15,17). The third kappa shape index (κ3) is 4.72. The molecule has 7 heteroatoms. The van der Waals surface area contributed by atoms with Crippen LogP contribution < -0.4 is 10.6 Å². The normalized spacial score (nSPS) is 11.6. The van der Waals surface area contributed by atoms with Crippen molar-refractivity contribution in [1.82, 2.24) is 5.32 Å². The fourth-order valence-electron chi connectivity index (χ4n) is 1.41. The van der Waals surface area contributed by atoms with Gasteiger partial charge in [0.25, 0.3) is 0 Å². The van der Waals surface area contributed by atoms with E-state index in [2.05, 4.69) is 31.3 Å². The summed E-state index contributed by atoms with van der Waals surface area (Å²) >= 11 is 9.17. The van der Waals surface area contributed by atoms with E-state index in [1.807, 2.05) is 0 Å². The maximum Gasteiger partial charge on any atom is 0.328 e. The molecule has 1 aromatic rings. The number of rotatable bonds is 5. The number of ether oxygens (including phenoxy) is 1. The predicted octanol–water partition coefficient (Wildman–Crippen LogP) is 2.19. The maximum atomic E-state index is 11.6. The maximum absolute atomic E-state index is 11.6. The molecule has 2 N–H and O–H groups in total. The Morgan fingerprint density at radius 1 is 1.47 bits per heavy atom. The molecule has 0 aliphatic carbocycles. The van der Waals surface area contributed by atoms with E-state index in [4.69, 9.17) is 11.6 Å². The van der Waals surface area contributed by atoms with Gasteiger partial charge in [-0.2, -0.15) is 0 Å². The lowest BCUT2D eigenvalue weighted by Gasteiger charge is -2.17. The van der Waals surface area contributed by atoms with Crippen LogP contribution >= 0.6 is 27.5 Å². The number of methoxy groups -OCH3 is 1. The van der Waals surface area contributed by atoms with Gasteiger partial charge in [-0.1, -0.05) is 11.6 Å². The summed E-state index contributed by atoms with van der Waals surface area (Å²) in [6.45, 7) is 0. The van der Waals surface area contributed by atoms with Gasteiger partial charge < -0.3 is 15.4 Å². The number of anilines is 1. The molecule has 5 nitrogen and oxygen atoms in total. The Morgan fingerprint density at radius 3 is 2.68 bits per heavy atom. The van der Waals surface area contributed by atoms with Crippen LogP contribution in [-0.4, -0.2) is 32.1 Å².